The van der Waals surface area contributed by atoms with Crippen molar-refractivity contribution in [3.05, 3.63) is 23.8 Å². The lowest BCUT2D eigenvalue weighted by Gasteiger charge is -2.21. The number of benzene rings is 1. The Morgan fingerprint density at radius 3 is 3.00 bits per heavy atom. The number of nitrogens with two attached hydrogens (primary N) is 1. The standard InChI is InChI=1S/C15H22N2O2/c1-3-4-11-7-8-17(10-11)14-6-5-12(16)9-13(14)15(18)19-2/h5-6,9,11H,3-4,7-8,10,16H2,1-2H3. The molecule has 2 N–H and O–H groups in total. The maximum atomic E-state index is 11.8. The van der Waals surface area contributed by atoms with Gasteiger partial charge in [-0.25, -0.2) is 4.79 Å². The molecule has 1 fully saturated rings. The van der Waals surface area contributed by atoms with Crippen LogP contribution in [0.5, 0.6) is 0 Å². The Morgan fingerprint density at radius 2 is 2.32 bits per heavy atom. The van der Waals surface area contributed by atoms with Crippen LogP contribution in [-0.2, 0) is 4.74 Å². The zero-order chi connectivity index (χ0) is 13.8. The first-order chi connectivity index (χ1) is 9.15. The van der Waals surface area contributed by atoms with Gasteiger partial charge in [-0.3, -0.25) is 0 Å². The monoisotopic (exact) mass is 262 g/mol. The molecule has 0 spiro atoms. The topological polar surface area (TPSA) is 55.6 Å². The van der Waals surface area contributed by atoms with Crippen molar-refractivity contribution >= 4 is 17.3 Å². The molecule has 0 amide bonds. The zero-order valence-electron chi connectivity index (χ0n) is 11.7. The molecule has 4 nitrogen and oxygen atoms in total. The molecule has 0 aliphatic carbocycles. The van der Waals surface area contributed by atoms with Crippen LogP contribution in [0.1, 0.15) is 36.5 Å². The third kappa shape index (κ3) is 3.00. The molecular formula is C15H22N2O2. The Kier molecular flexibility index (Phi) is 4.30. The minimum atomic E-state index is -0.318. The molecule has 0 radical (unpaired) electrons. The van der Waals surface area contributed by atoms with Gasteiger partial charge in [0, 0.05) is 18.8 Å². The van der Waals surface area contributed by atoms with Gasteiger partial charge in [-0.2, -0.15) is 0 Å². The number of esters is 1. The van der Waals surface area contributed by atoms with E-state index in [9.17, 15) is 4.79 Å². The van der Waals surface area contributed by atoms with Crippen molar-refractivity contribution in [1.82, 2.24) is 0 Å². The molecule has 1 aliphatic heterocycles. The number of hydrogen-bond acceptors (Lipinski definition) is 4. The number of methoxy groups -OCH3 is 1. The Hall–Kier alpha value is -1.71. The maximum absolute atomic E-state index is 11.8. The van der Waals surface area contributed by atoms with Gasteiger partial charge in [0.05, 0.1) is 18.4 Å². The van der Waals surface area contributed by atoms with Crippen molar-refractivity contribution in [2.24, 2.45) is 5.92 Å². The highest BCUT2D eigenvalue weighted by atomic mass is 16.5. The summed E-state index contributed by atoms with van der Waals surface area (Å²) in [7, 11) is 1.40. The van der Waals surface area contributed by atoms with E-state index in [0.717, 1.165) is 24.7 Å². The van der Waals surface area contributed by atoms with Gasteiger partial charge in [-0.1, -0.05) is 13.3 Å². The van der Waals surface area contributed by atoms with Crippen LogP contribution in [0.3, 0.4) is 0 Å². The first-order valence-electron chi connectivity index (χ1n) is 6.88. The van der Waals surface area contributed by atoms with Crippen molar-refractivity contribution < 1.29 is 9.53 Å². The third-order valence-electron chi connectivity index (χ3n) is 3.75. The second kappa shape index (κ2) is 5.95. The lowest BCUT2D eigenvalue weighted by Crippen LogP contribution is -2.22. The van der Waals surface area contributed by atoms with Crippen molar-refractivity contribution in [2.75, 3.05) is 30.8 Å². The molecule has 1 atom stereocenters. The summed E-state index contributed by atoms with van der Waals surface area (Å²) in [5, 5.41) is 0. The molecule has 2 rings (SSSR count). The third-order valence-corrected chi connectivity index (χ3v) is 3.75. The number of rotatable bonds is 4. The summed E-state index contributed by atoms with van der Waals surface area (Å²) in [5.41, 5.74) is 7.87. The van der Waals surface area contributed by atoms with Crippen LogP contribution >= 0.6 is 0 Å². The summed E-state index contributed by atoms with van der Waals surface area (Å²) in [5.74, 6) is 0.411. The summed E-state index contributed by atoms with van der Waals surface area (Å²) in [4.78, 5) is 14.1. The van der Waals surface area contributed by atoms with E-state index in [-0.39, 0.29) is 5.97 Å². The van der Waals surface area contributed by atoms with Crippen molar-refractivity contribution in [3.8, 4) is 0 Å². The summed E-state index contributed by atoms with van der Waals surface area (Å²) >= 11 is 0. The fourth-order valence-electron chi connectivity index (χ4n) is 2.80. The summed E-state index contributed by atoms with van der Waals surface area (Å²) < 4.78 is 4.84. The van der Waals surface area contributed by atoms with Crippen LogP contribution in [0.4, 0.5) is 11.4 Å². The number of ether oxygens (including phenoxy) is 1. The lowest BCUT2D eigenvalue weighted by molar-refractivity contribution is 0.0601. The van der Waals surface area contributed by atoms with E-state index in [1.54, 1.807) is 6.07 Å². The first kappa shape index (κ1) is 13.7. The van der Waals surface area contributed by atoms with E-state index in [1.807, 2.05) is 12.1 Å². The van der Waals surface area contributed by atoms with Gasteiger partial charge >= 0.3 is 5.97 Å². The largest absolute Gasteiger partial charge is 0.465 e. The molecule has 1 heterocycles. The van der Waals surface area contributed by atoms with Crippen molar-refractivity contribution in [1.29, 1.82) is 0 Å². The van der Waals surface area contributed by atoms with Crippen LogP contribution in [0.15, 0.2) is 18.2 Å². The molecule has 0 aromatic heterocycles. The molecule has 1 aliphatic rings. The van der Waals surface area contributed by atoms with E-state index >= 15 is 0 Å². The Bertz CT molecular complexity index is 459. The molecule has 0 bridgehead atoms. The minimum Gasteiger partial charge on any atom is -0.465 e. The Labute approximate surface area is 114 Å². The predicted octanol–water partition coefficient (Wildman–Crippen LogP) is 2.68. The van der Waals surface area contributed by atoms with Gasteiger partial charge in [0.15, 0.2) is 0 Å². The highest BCUT2D eigenvalue weighted by Crippen LogP contribution is 2.30. The summed E-state index contributed by atoms with van der Waals surface area (Å²) in [6, 6.07) is 5.47. The number of carbonyl (C=O) groups is 1. The number of hydrogen-bond donors (Lipinski definition) is 1. The van der Waals surface area contributed by atoms with E-state index < -0.39 is 0 Å². The summed E-state index contributed by atoms with van der Waals surface area (Å²) in [6.45, 7) is 4.23. The average molecular weight is 262 g/mol. The molecule has 1 aromatic rings. The van der Waals surface area contributed by atoms with Gasteiger partial charge in [0.2, 0.25) is 0 Å². The first-order valence-corrected chi connectivity index (χ1v) is 6.88. The highest BCUT2D eigenvalue weighted by Gasteiger charge is 2.25. The van der Waals surface area contributed by atoms with Gasteiger partial charge in [0.1, 0.15) is 0 Å². The van der Waals surface area contributed by atoms with E-state index in [1.165, 1.54) is 26.4 Å². The molecule has 1 aromatic carbocycles. The molecule has 0 saturated carbocycles. The Morgan fingerprint density at radius 1 is 1.53 bits per heavy atom. The Balaban J connectivity index is 2.22. The van der Waals surface area contributed by atoms with E-state index in [0.29, 0.717) is 11.3 Å². The second-order valence-corrected chi connectivity index (χ2v) is 5.16. The van der Waals surface area contributed by atoms with Crippen LogP contribution in [0.25, 0.3) is 0 Å². The van der Waals surface area contributed by atoms with E-state index in [2.05, 4.69) is 11.8 Å². The molecule has 104 valence electrons. The SMILES string of the molecule is CCCC1CCN(c2ccc(N)cc2C(=O)OC)C1. The molecular weight excluding hydrogens is 240 g/mol. The van der Waals surface area contributed by atoms with Crippen LogP contribution < -0.4 is 10.6 Å². The average Bonchev–Trinajstić information content (AvgIpc) is 2.86. The lowest BCUT2D eigenvalue weighted by atomic mass is 10.0. The fraction of sp³-hybridized carbons (Fsp3) is 0.533. The number of carbonyl (C=O) groups excluding carboxylic acids is 1. The van der Waals surface area contributed by atoms with Crippen molar-refractivity contribution in [3.63, 3.8) is 0 Å². The number of nitrogens with zero attached hydrogens (tertiary/aromatic N) is 1. The number of anilines is 2. The molecule has 4 heteroatoms. The normalized spacial score (nSPS) is 18.6. The van der Waals surface area contributed by atoms with Gasteiger partial charge in [-0.15, -0.1) is 0 Å². The minimum absolute atomic E-state index is 0.318. The van der Waals surface area contributed by atoms with Crippen LogP contribution in [0, 0.1) is 5.92 Å². The number of nitrogen functional groups attached to an aromatic ring is 1. The smallest absolute Gasteiger partial charge is 0.340 e. The quantitative estimate of drug-likeness (QED) is 0.669. The van der Waals surface area contributed by atoms with Gasteiger partial charge < -0.3 is 15.4 Å². The van der Waals surface area contributed by atoms with Crippen LogP contribution in [0.2, 0.25) is 0 Å². The maximum Gasteiger partial charge on any atom is 0.340 e. The summed E-state index contributed by atoms with van der Waals surface area (Å²) in [6.07, 6.45) is 3.65. The molecule has 1 saturated heterocycles. The zero-order valence-corrected chi connectivity index (χ0v) is 11.7. The van der Waals surface area contributed by atoms with E-state index in [4.69, 9.17) is 10.5 Å². The fourth-order valence-corrected chi connectivity index (χ4v) is 2.80. The van der Waals surface area contributed by atoms with Gasteiger partial charge in [0.25, 0.3) is 0 Å². The van der Waals surface area contributed by atoms with Crippen molar-refractivity contribution in [2.45, 2.75) is 26.2 Å². The molecule has 19 heavy (non-hydrogen) atoms. The highest BCUT2D eigenvalue weighted by molar-refractivity contribution is 5.97. The second-order valence-electron chi connectivity index (χ2n) is 5.16. The van der Waals surface area contributed by atoms with Crippen LogP contribution in [-0.4, -0.2) is 26.2 Å². The molecule has 1 unspecified atom stereocenters. The predicted molar refractivity (Wildman–Crippen MR) is 77.4 cm³/mol. The van der Waals surface area contributed by atoms with Gasteiger partial charge in [-0.05, 0) is 37.0 Å².